The van der Waals surface area contributed by atoms with Crippen LogP contribution >= 0.6 is 11.6 Å². The molecular weight excluding hydrogens is 334 g/mol. The molecule has 1 saturated carbocycles. The van der Waals surface area contributed by atoms with E-state index in [4.69, 9.17) is 21.1 Å². The van der Waals surface area contributed by atoms with Gasteiger partial charge in [-0.2, -0.15) is 0 Å². The van der Waals surface area contributed by atoms with Crippen molar-refractivity contribution in [3.05, 3.63) is 17.2 Å². The summed E-state index contributed by atoms with van der Waals surface area (Å²) in [5.41, 5.74) is 0.538. The highest BCUT2D eigenvalue weighted by Crippen LogP contribution is 2.38. The van der Waals surface area contributed by atoms with Crippen LogP contribution in [-0.4, -0.2) is 45.3 Å². The topological polar surface area (TPSA) is 79.9 Å². The van der Waals surface area contributed by atoms with Gasteiger partial charge in [0.15, 0.2) is 0 Å². The van der Waals surface area contributed by atoms with Gasteiger partial charge in [0.1, 0.15) is 11.5 Å². The molecule has 0 radical (unpaired) electrons. The number of halogens is 1. The summed E-state index contributed by atoms with van der Waals surface area (Å²) in [6, 6.07) is 3.31. The molecule has 0 unspecified atom stereocenters. The van der Waals surface area contributed by atoms with Crippen LogP contribution in [0.2, 0.25) is 5.02 Å². The average Bonchev–Trinajstić information content (AvgIpc) is 3.35. The van der Waals surface area contributed by atoms with Gasteiger partial charge in [-0.25, -0.2) is 4.79 Å². The first-order valence-corrected chi connectivity index (χ1v) is 8.08. The van der Waals surface area contributed by atoms with Crippen LogP contribution in [0.4, 0.5) is 10.5 Å². The summed E-state index contributed by atoms with van der Waals surface area (Å²) in [5, 5.41) is 5.97. The van der Waals surface area contributed by atoms with E-state index in [9.17, 15) is 9.59 Å². The van der Waals surface area contributed by atoms with Crippen molar-refractivity contribution in [3.63, 3.8) is 0 Å². The van der Waals surface area contributed by atoms with Crippen molar-refractivity contribution in [2.45, 2.75) is 25.8 Å². The Morgan fingerprint density at radius 3 is 2.46 bits per heavy atom. The van der Waals surface area contributed by atoms with Crippen LogP contribution in [0.1, 0.15) is 19.8 Å². The number of ether oxygens (including phenoxy) is 2. The zero-order chi connectivity index (χ0) is 17.7. The molecule has 3 amide bonds. The molecule has 1 aliphatic rings. The lowest BCUT2D eigenvalue weighted by atomic mass is 10.2. The Morgan fingerprint density at radius 1 is 1.25 bits per heavy atom. The molecule has 2 N–H and O–H groups in total. The van der Waals surface area contributed by atoms with Crippen LogP contribution in [0.25, 0.3) is 0 Å². The number of rotatable bonds is 7. The molecule has 0 heterocycles. The third-order valence-electron chi connectivity index (χ3n) is 3.66. The maximum absolute atomic E-state index is 12.0. The largest absolute Gasteiger partial charge is 0.495 e. The van der Waals surface area contributed by atoms with Crippen LogP contribution in [-0.2, 0) is 4.79 Å². The van der Waals surface area contributed by atoms with Crippen molar-refractivity contribution in [1.29, 1.82) is 0 Å². The van der Waals surface area contributed by atoms with E-state index in [2.05, 4.69) is 10.6 Å². The quantitative estimate of drug-likeness (QED) is 0.785. The fourth-order valence-electron chi connectivity index (χ4n) is 2.25. The Kier molecular flexibility index (Phi) is 6.14. The Hall–Kier alpha value is -2.15. The highest BCUT2D eigenvalue weighted by Gasteiger charge is 2.23. The Morgan fingerprint density at radius 2 is 1.92 bits per heavy atom. The van der Waals surface area contributed by atoms with E-state index in [1.165, 1.54) is 26.0 Å². The van der Waals surface area contributed by atoms with Gasteiger partial charge in [-0.1, -0.05) is 11.6 Å². The molecule has 1 aromatic rings. The van der Waals surface area contributed by atoms with Gasteiger partial charge in [-0.05, 0) is 12.8 Å². The zero-order valence-corrected chi connectivity index (χ0v) is 14.8. The molecule has 7 nitrogen and oxygen atoms in total. The molecular formula is C16H22ClN3O4. The van der Waals surface area contributed by atoms with Gasteiger partial charge in [-0.3, -0.25) is 4.79 Å². The van der Waals surface area contributed by atoms with Crippen molar-refractivity contribution >= 4 is 29.2 Å². The van der Waals surface area contributed by atoms with Gasteiger partial charge < -0.3 is 25.0 Å². The summed E-state index contributed by atoms with van der Waals surface area (Å²) in [6.45, 7) is 2.06. The van der Waals surface area contributed by atoms with Gasteiger partial charge in [0.2, 0.25) is 5.91 Å². The van der Waals surface area contributed by atoms with Crippen LogP contribution in [0.15, 0.2) is 12.1 Å². The van der Waals surface area contributed by atoms with E-state index < -0.39 is 0 Å². The molecule has 1 aliphatic carbocycles. The minimum Gasteiger partial charge on any atom is -0.495 e. The van der Waals surface area contributed by atoms with Crippen LogP contribution in [0, 0.1) is 0 Å². The van der Waals surface area contributed by atoms with Crippen molar-refractivity contribution < 1.29 is 19.1 Å². The van der Waals surface area contributed by atoms with Crippen LogP contribution in [0.3, 0.4) is 0 Å². The standard InChI is InChI=1S/C16H22ClN3O4/c1-10(21)20(7-6-18-16(22)19-11-4-5-11)13-9-14(23-2)12(17)8-15(13)24-3/h8-9,11H,4-7H2,1-3H3,(H2,18,19,22). The lowest BCUT2D eigenvalue weighted by molar-refractivity contribution is -0.116. The molecule has 1 fully saturated rings. The number of methoxy groups -OCH3 is 2. The fraction of sp³-hybridized carbons (Fsp3) is 0.500. The predicted molar refractivity (Wildman–Crippen MR) is 92.1 cm³/mol. The first kappa shape index (κ1) is 18.2. The van der Waals surface area contributed by atoms with Crippen molar-refractivity contribution in [1.82, 2.24) is 10.6 Å². The number of hydrogen-bond acceptors (Lipinski definition) is 4. The van der Waals surface area contributed by atoms with Crippen molar-refractivity contribution in [2.24, 2.45) is 0 Å². The number of nitrogens with one attached hydrogen (secondary N) is 2. The third kappa shape index (κ3) is 4.67. The van der Waals surface area contributed by atoms with Crippen molar-refractivity contribution in [3.8, 4) is 11.5 Å². The molecule has 0 aliphatic heterocycles. The second-order valence-corrected chi connectivity index (χ2v) is 5.91. The fourth-order valence-corrected chi connectivity index (χ4v) is 2.48. The molecule has 0 spiro atoms. The second-order valence-electron chi connectivity index (χ2n) is 5.50. The molecule has 132 valence electrons. The molecule has 0 aromatic heterocycles. The Balaban J connectivity index is 2.08. The number of nitrogens with zero attached hydrogens (tertiary/aromatic N) is 1. The summed E-state index contributed by atoms with van der Waals surface area (Å²) in [4.78, 5) is 25.2. The maximum Gasteiger partial charge on any atom is 0.315 e. The Labute approximate surface area is 146 Å². The van der Waals surface area contributed by atoms with E-state index in [0.717, 1.165) is 12.8 Å². The van der Waals surface area contributed by atoms with E-state index in [1.807, 2.05) is 0 Å². The minimum atomic E-state index is -0.221. The van der Waals surface area contributed by atoms with Gasteiger partial charge in [-0.15, -0.1) is 0 Å². The number of hydrogen-bond donors (Lipinski definition) is 2. The highest BCUT2D eigenvalue weighted by atomic mass is 35.5. The molecule has 8 heteroatoms. The SMILES string of the molecule is COc1cc(N(CCNC(=O)NC2CC2)C(C)=O)c(OC)cc1Cl. The van der Waals surface area contributed by atoms with Gasteiger partial charge in [0.05, 0.1) is 24.9 Å². The number of urea groups is 1. The number of benzene rings is 1. The smallest absolute Gasteiger partial charge is 0.315 e. The lowest BCUT2D eigenvalue weighted by Gasteiger charge is -2.24. The number of amides is 3. The third-order valence-corrected chi connectivity index (χ3v) is 3.95. The summed E-state index contributed by atoms with van der Waals surface area (Å²) >= 11 is 6.09. The predicted octanol–water partition coefficient (Wildman–Crippen LogP) is 2.17. The number of carbonyl (C=O) groups is 2. The number of carbonyl (C=O) groups excluding carboxylic acids is 2. The van der Waals surface area contributed by atoms with Crippen molar-refractivity contribution in [2.75, 3.05) is 32.2 Å². The first-order chi connectivity index (χ1) is 11.5. The summed E-state index contributed by atoms with van der Waals surface area (Å²) in [5.74, 6) is 0.721. The molecule has 1 aromatic carbocycles. The average molecular weight is 356 g/mol. The summed E-state index contributed by atoms with van der Waals surface area (Å²) < 4.78 is 10.5. The first-order valence-electron chi connectivity index (χ1n) is 7.70. The van der Waals surface area contributed by atoms with Gasteiger partial charge in [0.25, 0.3) is 0 Å². The van der Waals surface area contributed by atoms with Gasteiger partial charge >= 0.3 is 6.03 Å². The minimum absolute atomic E-state index is 0.179. The van der Waals surface area contributed by atoms with E-state index in [1.54, 1.807) is 12.1 Å². The number of anilines is 1. The summed E-state index contributed by atoms with van der Waals surface area (Å²) in [7, 11) is 3.00. The molecule has 24 heavy (non-hydrogen) atoms. The molecule has 0 saturated heterocycles. The lowest BCUT2D eigenvalue weighted by Crippen LogP contribution is -2.42. The van der Waals surface area contributed by atoms with E-state index >= 15 is 0 Å². The maximum atomic E-state index is 12.0. The Bertz CT molecular complexity index is 620. The molecule has 0 bridgehead atoms. The summed E-state index contributed by atoms with van der Waals surface area (Å²) in [6.07, 6.45) is 2.05. The van der Waals surface area contributed by atoms with Gasteiger partial charge in [0, 0.05) is 38.2 Å². The molecule has 0 atom stereocenters. The van der Waals surface area contributed by atoms with E-state index in [-0.39, 0.29) is 18.0 Å². The van der Waals surface area contributed by atoms with E-state index in [0.29, 0.717) is 35.3 Å². The molecule has 2 rings (SSSR count). The van der Waals surface area contributed by atoms with Crippen LogP contribution < -0.4 is 25.0 Å². The zero-order valence-electron chi connectivity index (χ0n) is 14.0. The highest BCUT2D eigenvalue weighted by molar-refractivity contribution is 6.32. The van der Waals surface area contributed by atoms with Crippen LogP contribution in [0.5, 0.6) is 11.5 Å². The second kappa shape index (κ2) is 8.10. The monoisotopic (exact) mass is 355 g/mol. The normalized spacial score (nSPS) is 13.2.